The molecule has 0 aliphatic carbocycles. The molecule has 0 saturated heterocycles. The van der Waals surface area contributed by atoms with Crippen molar-refractivity contribution in [2.75, 3.05) is 5.32 Å². The van der Waals surface area contributed by atoms with Crippen LogP contribution in [0.5, 0.6) is 0 Å². The van der Waals surface area contributed by atoms with Crippen molar-refractivity contribution >= 4 is 11.4 Å². The zero-order valence-electron chi connectivity index (χ0n) is 9.97. The van der Waals surface area contributed by atoms with Gasteiger partial charge in [-0.3, -0.25) is 0 Å². The third-order valence-corrected chi connectivity index (χ3v) is 2.16. The van der Waals surface area contributed by atoms with E-state index < -0.39 is 0 Å². The van der Waals surface area contributed by atoms with E-state index in [0.29, 0.717) is 17.7 Å². The van der Waals surface area contributed by atoms with Crippen LogP contribution in [0.15, 0.2) is 18.2 Å². The van der Waals surface area contributed by atoms with E-state index in [-0.39, 0.29) is 11.9 Å². The molecule has 87 valence electrons. The molecule has 1 rings (SSSR count). The highest BCUT2D eigenvalue weighted by atomic mass is 19.1. The van der Waals surface area contributed by atoms with Crippen molar-refractivity contribution in [2.45, 2.75) is 33.2 Å². The lowest BCUT2D eigenvalue weighted by molar-refractivity contribution is 0.625. The summed E-state index contributed by atoms with van der Waals surface area (Å²) in [6.07, 6.45) is 2.34. The van der Waals surface area contributed by atoms with Gasteiger partial charge in [-0.05, 0) is 44.9 Å². The number of rotatable bonds is 5. The van der Waals surface area contributed by atoms with E-state index >= 15 is 0 Å². The Morgan fingerprint density at radius 3 is 2.69 bits per heavy atom. The van der Waals surface area contributed by atoms with Gasteiger partial charge in [-0.1, -0.05) is 6.92 Å². The third kappa shape index (κ3) is 3.33. The average molecular weight is 221 g/mol. The molecule has 0 fully saturated rings. The lowest BCUT2D eigenvalue weighted by Crippen LogP contribution is -2.10. The van der Waals surface area contributed by atoms with Crippen LogP contribution in [0.25, 0.3) is 0 Å². The Morgan fingerprint density at radius 1 is 1.50 bits per heavy atom. The quantitative estimate of drug-likeness (QED) is 0.732. The van der Waals surface area contributed by atoms with E-state index in [1.807, 2.05) is 33.3 Å². The van der Waals surface area contributed by atoms with Crippen LogP contribution in [0.1, 0.15) is 32.8 Å². The highest BCUT2D eigenvalue weighted by molar-refractivity contribution is 5.99. The van der Waals surface area contributed by atoms with E-state index in [0.717, 1.165) is 5.69 Å². The molecular formula is C13H18FN2. The Hall–Kier alpha value is -1.38. The normalized spacial score (nSPS) is 10.6. The number of hydrogen-bond donors (Lipinski definition) is 2. The minimum absolute atomic E-state index is 0.272. The summed E-state index contributed by atoms with van der Waals surface area (Å²) < 4.78 is 13.7. The Balaban J connectivity index is 2.87. The van der Waals surface area contributed by atoms with Crippen molar-refractivity contribution in [3.63, 3.8) is 0 Å². The first kappa shape index (κ1) is 12.7. The first-order valence-corrected chi connectivity index (χ1v) is 5.46. The van der Waals surface area contributed by atoms with Gasteiger partial charge < -0.3 is 10.7 Å². The molecule has 0 aliphatic rings. The monoisotopic (exact) mass is 221 g/mol. The predicted octanol–water partition coefficient (Wildman–Crippen LogP) is 3.63. The summed E-state index contributed by atoms with van der Waals surface area (Å²) in [5.41, 5.74) is 1.45. The van der Waals surface area contributed by atoms with Crippen LogP contribution >= 0.6 is 0 Å². The molecule has 0 atom stereocenters. The lowest BCUT2D eigenvalue weighted by Gasteiger charge is -2.11. The second kappa shape index (κ2) is 5.64. The Bertz CT molecular complexity index is 372. The SMILES string of the molecule is C[CH]CC(=N)c1ccc(NC(C)C)cc1F. The molecule has 16 heavy (non-hydrogen) atoms. The predicted molar refractivity (Wildman–Crippen MR) is 66.6 cm³/mol. The van der Waals surface area contributed by atoms with Gasteiger partial charge >= 0.3 is 0 Å². The summed E-state index contributed by atoms with van der Waals surface area (Å²) in [5, 5.41) is 10.8. The topological polar surface area (TPSA) is 35.9 Å². The molecule has 0 aromatic heterocycles. The van der Waals surface area contributed by atoms with E-state index in [4.69, 9.17) is 5.41 Å². The van der Waals surface area contributed by atoms with Crippen LogP contribution in [0.3, 0.4) is 0 Å². The Labute approximate surface area is 96.4 Å². The van der Waals surface area contributed by atoms with Crippen molar-refractivity contribution < 1.29 is 4.39 Å². The maximum absolute atomic E-state index is 13.7. The van der Waals surface area contributed by atoms with Crippen molar-refractivity contribution in [2.24, 2.45) is 0 Å². The summed E-state index contributed by atoms with van der Waals surface area (Å²) in [5.74, 6) is -0.336. The number of benzene rings is 1. The maximum atomic E-state index is 13.7. The van der Waals surface area contributed by atoms with E-state index in [9.17, 15) is 4.39 Å². The molecule has 0 saturated carbocycles. The molecule has 2 nitrogen and oxygen atoms in total. The molecule has 2 N–H and O–H groups in total. The Morgan fingerprint density at radius 2 is 2.19 bits per heavy atom. The smallest absolute Gasteiger partial charge is 0.134 e. The van der Waals surface area contributed by atoms with Crippen molar-refractivity contribution in [3.05, 3.63) is 36.0 Å². The number of hydrogen-bond acceptors (Lipinski definition) is 2. The molecule has 0 heterocycles. The van der Waals surface area contributed by atoms with Gasteiger partial charge in [-0.15, -0.1) is 0 Å². The molecule has 0 spiro atoms. The molecule has 0 amide bonds. The van der Waals surface area contributed by atoms with Crippen molar-refractivity contribution in [3.8, 4) is 0 Å². The molecule has 0 unspecified atom stereocenters. The van der Waals surface area contributed by atoms with Crippen LogP contribution in [0.4, 0.5) is 10.1 Å². The molecular weight excluding hydrogens is 203 g/mol. The zero-order chi connectivity index (χ0) is 12.1. The van der Waals surface area contributed by atoms with E-state index in [1.165, 1.54) is 6.07 Å². The van der Waals surface area contributed by atoms with Gasteiger partial charge in [0.25, 0.3) is 0 Å². The highest BCUT2D eigenvalue weighted by Gasteiger charge is 2.08. The van der Waals surface area contributed by atoms with Gasteiger partial charge in [0.1, 0.15) is 5.82 Å². The van der Waals surface area contributed by atoms with Gasteiger partial charge in [0.2, 0.25) is 0 Å². The second-order valence-electron chi connectivity index (χ2n) is 4.08. The van der Waals surface area contributed by atoms with Gasteiger partial charge in [0, 0.05) is 23.0 Å². The molecule has 3 heteroatoms. The average Bonchev–Trinajstić information content (AvgIpc) is 2.16. The van der Waals surface area contributed by atoms with Crippen LogP contribution in [-0.4, -0.2) is 11.8 Å². The van der Waals surface area contributed by atoms with Crippen LogP contribution in [-0.2, 0) is 0 Å². The first-order chi connectivity index (χ1) is 7.54. The van der Waals surface area contributed by atoms with Gasteiger partial charge in [-0.25, -0.2) is 4.39 Å². The lowest BCUT2D eigenvalue weighted by atomic mass is 10.0. The maximum Gasteiger partial charge on any atom is 0.134 e. The molecule has 1 radical (unpaired) electrons. The number of nitrogens with one attached hydrogen (secondary N) is 2. The standard InChI is InChI=1S/C13H18FN2/c1-4-5-13(15)11-7-6-10(8-12(11)14)16-9(2)3/h4,6-9,15-16H,5H2,1-3H3. The van der Waals surface area contributed by atoms with Gasteiger partial charge in [-0.2, -0.15) is 0 Å². The summed E-state index contributed by atoms with van der Waals surface area (Å²) in [4.78, 5) is 0. The van der Waals surface area contributed by atoms with Crippen molar-refractivity contribution in [1.29, 1.82) is 5.41 Å². The van der Waals surface area contributed by atoms with Crippen molar-refractivity contribution in [1.82, 2.24) is 0 Å². The largest absolute Gasteiger partial charge is 0.383 e. The summed E-state index contributed by atoms with van der Waals surface area (Å²) >= 11 is 0. The van der Waals surface area contributed by atoms with E-state index in [2.05, 4.69) is 5.32 Å². The Kier molecular flexibility index (Phi) is 4.47. The molecule has 1 aromatic carbocycles. The van der Waals surface area contributed by atoms with Gasteiger partial charge in [0.05, 0.1) is 0 Å². The van der Waals surface area contributed by atoms with E-state index in [1.54, 1.807) is 6.07 Å². The minimum Gasteiger partial charge on any atom is -0.383 e. The molecule has 0 bridgehead atoms. The minimum atomic E-state index is -0.336. The number of halogens is 1. The fourth-order valence-electron chi connectivity index (χ4n) is 1.50. The highest BCUT2D eigenvalue weighted by Crippen LogP contribution is 2.17. The number of anilines is 1. The third-order valence-electron chi connectivity index (χ3n) is 2.16. The zero-order valence-corrected chi connectivity index (χ0v) is 9.97. The summed E-state index contributed by atoms with van der Waals surface area (Å²) in [6, 6.07) is 5.18. The van der Waals surface area contributed by atoms with Crippen LogP contribution < -0.4 is 5.32 Å². The molecule has 1 aromatic rings. The second-order valence-corrected chi connectivity index (χ2v) is 4.08. The van der Waals surface area contributed by atoms with Crippen LogP contribution in [0.2, 0.25) is 0 Å². The molecule has 0 aliphatic heterocycles. The fraction of sp³-hybridized carbons (Fsp3) is 0.385. The summed E-state index contributed by atoms with van der Waals surface area (Å²) in [6.45, 7) is 5.86. The van der Waals surface area contributed by atoms with Crippen LogP contribution in [0, 0.1) is 17.6 Å². The fourth-order valence-corrected chi connectivity index (χ4v) is 1.50. The van der Waals surface area contributed by atoms with Gasteiger partial charge in [0.15, 0.2) is 0 Å². The summed E-state index contributed by atoms with van der Waals surface area (Å²) in [7, 11) is 0. The first-order valence-electron chi connectivity index (χ1n) is 5.46.